The molecule has 1 N–H and O–H groups in total. The fourth-order valence-corrected chi connectivity index (χ4v) is 2.34. The van der Waals surface area contributed by atoms with Crippen LogP contribution in [0.4, 0.5) is 0 Å². The average Bonchev–Trinajstić information content (AvgIpc) is 2.33. The van der Waals surface area contributed by atoms with E-state index in [1.165, 1.54) is 0 Å². The summed E-state index contributed by atoms with van der Waals surface area (Å²) in [6.07, 6.45) is 5.23. The molecule has 2 heterocycles. The van der Waals surface area contributed by atoms with Crippen LogP contribution in [0.1, 0.15) is 25.5 Å². The van der Waals surface area contributed by atoms with Gasteiger partial charge in [0.05, 0.1) is 24.2 Å². The number of nitrogens with zero attached hydrogens (tertiary/aromatic N) is 3. The average molecular weight is 256 g/mol. The van der Waals surface area contributed by atoms with E-state index in [1.54, 1.807) is 12.4 Å². The van der Waals surface area contributed by atoms with Crippen molar-refractivity contribution >= 4 is 11.6 Å². The van der Waals surface area contributed by atoms with E-state index in [2.05, 4.69) is 14.9 Å². The number of likely N-dealkylation sites (tertiary alicyclic amines) is 1. The highest BCUT2D eigenvalue weighted by atomic mass is 35.5. The summed E-state index contributed by atoms with van der Waals surface area (Å²) in [6.45, 7) is 4.72. The van der Waals surface area contributed by atoms with Gasteiger partial charge in [-0.1, -0.05) is 11.6 Å². The molecular formula is C12H18ClN3O. The van der Waals surface area contributed by atoms with Crippen LogP contribution >= 0.6 is 11.6 Å². The van der Waals surface area contributed by atoms with Crippen molar-refractivity contribution in [2.45, 2.75) is 32.4 Å². The molecule has 1 atom stereocenters. The molecule has 1 fully saturated rings. The molecule has 0 aromatic carbocycles. The molecule has 94 valence electrons. The van der Waals surface area contributed by atoms with Crippen LogP contribution in [0, 0.1) is 5.92 Å². The summed E-state index contributed by atoms with van der Waals surface area (Å²) < 4.78 is 0. The highest BCUT2D eigenvalue weighted by Gasteiger charge is 2.22. The first-order chi connectivity index (χ1) is 8.15. The summed E-state index contributed by atoms with van der Waals surface area (Å²) in [6, 6.07) is 0. The molecule has 0 spiro atoms. The molecule has 0 amide bonds. The third kappa shape index (κ3) is 3.63. The van der Waals surface area contributed by atoms with E-state index in [-0.39, 0.29) is 6.10 Å². The van der Waals surface area contributed by atoms with Crippen molar-refractivity contribution in [1.82, 2.24) is 14.9 Å². The predicted molar refractivity (Wildman–Crippen MR) is 66.7 cm³/mol. The van der Waals surface area contributed by atoms with Crippen LogP contribution in [0.2, 0.25) is 5.15 Å². The molecule has 0 bridgehead atoms. The number of hydrogen-bond donors (Lipinski definition) is 1. The molecule has 0 saturated carbocycles. The first-order valence-corrected chi connectivity index (χ1v) is 6.40. The zero-order chi connectivity index (χ0) is 12.3. The third-order valence-electron chi connectivity index (χ3n) is 3.37. The van der Waals surface area contributed by atoms with Crippen LogP contribution in [0.15, 0.2) is 12.4 Å². The van der Waals surface area contributed by atoms with Crippen LogP contribution in [0.5, 0.6) is 0 Å². The molecule has 1 aromatic rings. The SMILES string of the molecule is CC(O)C1CCN(Cc2cnc(Cl)cn2)CC1. The molecule has 2 rings (SSSR count). The Morgan fingerprint density at radius 1 is 1.41 bits per heavy atom. The van der Waals surface area contributed by atoms with Crippen LogP contribution in [-0.2, 0) is 6.54 Å². The summed E-state index contributed by atoms with van der Waals surface area (Å²) in [7, 11) is 0. The number of aliphatic hydroxyl groups is 1. The maximum Gasteiger partial charge on any atom is 0.147 e. The van der Waals surface area contributed by atoms with Gasteiger partial charge in [-0.25, -0.2) is 4.98 Å². The molecule has 4 nitrogen and oxygen atoms in total. The molecule has 1 saturated heterocycles. The lowest BCUT2D eigenvalue weighted by Gasteiger charge is -2.32. The molecule has 5 heteroatoms. The molecular weight excluding hydrogens is 238 g/mol. The number of aromatic nitrogens is 2. The number of rotatable bonds is 3. The second-order valence-electron chi connectivity index (χ2n) is 4.68. The third-order valence-corrected chi connectivity index (χ3v) is 3.57. The zero-order valence-corrected chi connectivity index (χ0v) is 10.8. The van der Waals surface area contributed by atoms with Gasteiger partial charge in [-0.05, 0) is 38.8 Å². The van der Waals surface area contributed by atoms with Gasteiger partial charge in [0.15, 0.2) is 0 Å². The van der Waals surface area contributed by atoms with Gasteiger partial charge in [0, 0.05) is 6.54 Å². The summed E-state index contributed by atoms with van der Waals surface area (Å²) >= 11 is 5.69. The Morgan fingerprint density at radius 2 is 2.12 bits per heavy atom. The largest absolute Gasteiger partial charge is 0.393 e. The summed E-state index contributed by atoms with van der Waals surface area (Å²) in [5.41, 5.74) is 0.949. The van der Waals surface area contributed by atoms with Crippen molar-refractivity contribution in [3.63, 3.8) is 0 Å². The number of piperidine rings is 1. The van der Waals surface area contributed by atoms with Crippen LogP contribution in [0.25, 0.3) is 0 Å². The molecule has 1 aliphatic rings. The lowest BCUT2D eigenvalue weighted by atomic mass is 9.92. The van der Waals surface area contributed by atoms with Crippen LogP contribution < -0.4 is 0 Å². The number of halogens is 1. The van der Waals surface area contributed by atoms with E-state index in [0.717, 1.165) is 38.2 Å². The predicted octanol–water partition coefficient (Wildman–Crippen LogP) is 1.72. The first-order valence-electron chi connectivity index (χ1n) is 6.02. The van der Waals surface area contributed by atoms with Crippen molar-refractivity contribution in [2.75, 3.05) is 13.1 Å². The van der Waals surface area contributed by atoms with Crippen LogP contribution in [0.3, 0.4) is 0 Å². The second kappa shape index (κ2) is 5.76. The molecule has 1 aromatic heterocycles. The zero-order valence-electron chi connectivity index (χ0n) is 10.0. The van der Waals surface area contributed by atoms with Gasteiger partial charge in [0.2, 0.25) is 0 Å². The van der Waals surface area contributed by atoms with E-state index in [1.807, 2.05) is 6.92 Å². The Labute approximate surface area is 107 Å². The normalized spacial score (nSPS) is 20.4. The minimum atomic E-state index is -0.188. The lowest BCUT2D eigenvalue weighted by Crippen LogP contribution is -2.36. The second-order valence-corrected chi connectivity index (χ2v) is 5.07. The van der Waals surface area contributed by atoms with Gasteiger partial charge in [0.1, 0.15) is 5.15 Å². The topological polar surface area (TPSA) is 49.2 Å². The van der Waals surface area contributed by atoms with Crippen molar-refractivity contribution in [3.8, 4) is 0 Å². The number of hydrogen-bond acceptors (Lipinski definition) is 4. The maximum absolute atomic E-state index is 9.53. The Bertz CT molecular complexity index is 347. The van der Waals surface area contributed by atoms with Crippen LogP contribution in [-0.4, -0.2) is 39.2 Å². The molecule has 0 radical (unpaired) electrons. The fourth-order valence-electron chi connectivity index (χ4n) is 2.24. The highest BCUT2D eigenvalue weighted by Crippen LogP contribution is 2.21. The van der Waals surface area contributed by atoms with Crippen molar-refractivity contribution in [3.05, 3.63) is 23.2 Å². The van der Waals surface area contributed by atoms with E-state index >= 15 is 0 Å². The van der Waals surface area contributed by atoms with E-state index in [9.17, 15) is 5.11 Å². The van der Waals surface area contributed by atoms with Crippen molar-refractivity contribution in [2.24, 2.45) is 5.92 Å². The van der Waals surface area contributed by atoms with E-state index in [4.69, 9.17) is 11.6 Å². The van der Waals surface area contributed by atoms with Gasteiger partial charge in [-0.15, -0.1) is 0 Å². The van der Waals surface area contributed by atoms with Gasteiger partial charge in [-0.2, -0.15) is 0 Å². The number of aliphatic hydroxyl groups excluding tert-OH is 1. The van der Waals surface area contributed by atoms with E-state index < -0.39 is 0 Å². The molecule has 17 heavy (non-hydrogen) atoms. The highest BCUT2D eigenvalue weighted by molar-refractivity contribution is 6.29. The van der Waals surface area contributed by atoms with Crippen molar-refractivity contribution < 1.29 is 5.11 Å². The standard InChI is InChI=1S/C12H18ClN3O/c1-9(17)10-2-4-16(5-3-10)8-11-6-15-12(13)7-14-11/h6-7,9-10,17H,2-5,8H2,1H3. The Balaban J connectivity index is 1.84. The lowest BCUT2D eigenvalue weighted by molar-refractivity contribution is 0.0691. The Hall–Kier alpha value is -0.710. The van der Waals surface area contributed by atoms with Crippen molar-refractivity contribution in [1.29, 1.82) is 0 Å². The minimum Gasteiger partial charge on any atom is -0.393 e. The fraction of sp³-hybridized carbons (Fsp3) is 0.667. The smallest absolute Gasteiger partial charge is 0.147 e. The Morgan fingerprint density at radius 3 is 2.65 bits per heavy atom. The molecule has 1 aliphatic heterocycles. The maximum atomic E-state index is 9.53. The first kappa shape index (κ1) is 12.7. The van der Waals surface area contributed by atoms with Gasteiger partial charge in [-0.3, -0.25) is 9.88 Å². The summed E-state index contributed by atoms with van der Waals surface area (Å²) in [4.78, 5) is 10.6. The van der Waals surface area contributed by atoms with E-state index in [0.29, 0.717) is 11.1 Å². The summed E-state index contributed by atoms with van der Waals surface area (Å²) in [5, 5.41) is 9.96. The van der Waals surface area contributed by atoms with Gasteiger partial charge in [0.25, 0.3) is 0 Å². The Kier molecular flexibility index (Phi) is 4.31. The molecule has 0 aliphatic carbocycles. The monoisotopic (exact) mass is 255 g/mol. The molecule has 1 unspecified atom stereocenters. The van der Waals surface area contributed by atoms with Gasteiger partial charge < -0.3 is 5.11 Å². The summed E-state index contributed by atoms with van der Waals surface area (Å²) in [5.74, 6) is 0.447. The minimum absolute atomic E-state index is 0.188. The van der Waals surface area contributed by atoms with Gasteiger partial charge >= 0.3 is 0 Å². The quantitative estimate of drug-likeness (QED) is 0.894.